The van der Waals surface area contributed by atoms with Crippen LogP contribution in [0.4, 0.5) is 11.4 Å². The molecule has 0 unspecified atom stereocenters. The van der Waals surface area contributed by atoms with Crippen molar-refractivity contribution < 1.29 is 13.2 Å². The van der Waals surface area contributed by atoms with E-state index in [0.29, 0.717) is 16.9 Å². The van der Waals surface area contributed by atoms with Gasteiger partial charge in [-0.2, -0.15) is 5.10 Å². The third-order valence-corrected chi connectivity index (χ3v) is 6.21. The number of hydrogen-bond acceptors (Lipinski definition) is 5. The molecule has 2 heterocycles. The quantitative estimate of drug-likeness (QED) is 0.318. The number of carbonyl (C=O) groups excluding carboxylic acids is 1. The summed E-state index contributed by atoms with van der Waals surface area (Å²) in [5.74, 6) is -0.374. The lowest BCUT2D eigenvalue weighted by Crippen LogP contribution is -2.11. The van der Waals surface area contributed by atoms with Gasteiger partial charge >= 0.3 is 0 Å². The van der Waals surface area contributed by atoms with E-state index in [1.54, 1.807) is 54.9 Å². The highest BCUT2D eigenvalue weighted by molar-refractivity contribution is 7.90. The summed E-state index contributed by atoms with van der Waals surface area (Å²) in [5, 5.41) is 9.28. The summed E-state index contributed by atoms with van der Waals surface area (Å²) < 4.78 is 27.1. The Kier molecular flexibility index (Phi) is 5.42. The van der Waals surface area contributed by atoms with Gasteiger partial charge in [0.05, 0.1) is 22.5 Å². The Morgan fingerprint density at radius 2 is 1.94 bits per heavy atom. The molecule has 2 aromatic carbocycles. The number of para-hydroxylation sites is 2. The minimum absolute atomic E-state index is 0.148. The molecule has 2 aromatic heterocycles. The molecular weight excluding hydrogens is 414 g/mol. The van der Waals surface area contributed by atoms with Crippen molar-refractivity contribution in [2.75, 3.05) is 11.1 Å². The molecule has 0 aliphatic carbocycles. The van der Waals surface area contributed by atoms with Crippen LogP contribution in [0.15, 0.2) is 90.4 Å². The average Bonchev–Trinajstić information content (AvgIpc) is 3.47. The van der Waals surface area contributed by atoms with Crippen LogP contribution < -0.4 is 11.1 Å². The molecule has 1 amide bonds. The first-order valence-electron chi connectivity index (χ1n) is 9.30. The maximum Gasteiger partial charge on any atom is 0.267 e. The molecule has 0 saturated heterocycles. The lowest BCUT2D eigenvalue weighted by molar-refractivity contribution is -0.111. The zero-order valence-corrected chi connectivity index (χ0v) is 17.1. The number of nitrogen functional groups attached to an aromatic ring is 1. The van der Waals surface area contributed by atoms with Crippen molar-refractivity contribution in [3.8, 4) is 11.1 Å². The molecule has 0 fully saturated rings. The summed E-state index contributed by atoms with van der Waals surface area (Å²) in [4.78, 5) is 12.3. The number of hydrogen-bond donors (Lipinski definition) is 3. The number of nitrogens with zero attached hydrogens (tertiary/aromatic N) is 2. The Morgan fingerprint density at radius 1 is 1.10 bits per heavy atom. The highest BCUT2D eigenvalue weighted by Crippen LogP contribution is 2.23. The van der Waals surface area contributed by atoms with Gasteiger partial charge in [0.1, 0.15) is 0 Å². The van der Waals surface area contributed by atoms with Crippen LogP contribution >= 0.6 is 0 Å². The van der Waals surface area contributed by atoms with Gasteiger partial charge < -0.3 is 11.1 Å². The number of H-pyrrole nitrogens is 1. The third-order valence-electron chi connectivity index (χ3n) is 4.58. The van der Waals surface area contributed by atoms with Crippen molar-refractivity contribution in [1.82, 2.24) is 14.2 Å². The molecule has 8 nitrogen and oxygen atoms in total. The Bertz CT molecular complexity index is 1360. The number of nitrogens with two attached hydrogens (primary N) is 1. The molecule has 0 aliphatic heterocycles. The lowest BCUT2D eigenvalue weighted by Gasteiger charge is -2.07. The van der Waals surface area contributed by atoms with Gasteiger partial charge in [0.25, 0.3) is 10.0 Å². The van der Waals surface area contributed by atoms with Crippen molar-refractivity contribution in [3.05, 3.63) is 91.0 Å². The second-order valence-corrected chi connectivity index (χ2v) is 8.55. The second-order valence-electron chi connectivity index (χ2n) is 6.70. The zero-order chi connectivity index (χ0) is 21.8. The number of benzene rings is 2. The molecule has 4 N–H and O–H groups in total. The Hall–Kier alpha value is -4.11. The third kappa shape index (κ3) is 4.41. The number of aromatic nitrogens is 3. The summed E-state index contributed by atoms with van der Waals surface area (Å²) in [6, 6.07) is 15.1. The normalized spacial score (nSPS) is 11.6. The van der Waals surface area contributed by atoms with E-state index < -0.39 is 10.0 Å². The lowest BCUT2D eigenvalue weighted by atomic mass is 10.1. The van der Waals surface area contributed by atoms with Crippen molar-refractivity contribution in [1.29, 1.82) is 0 Å². The molecule has 0 atom stereocenters. The van der Waals surface area contributed by atoms with Crippen LogP contribution in [0.2, 0.25) is 0 Å². The van der Waals surface area contributed by atoms with Crippen LogP contribution in [0.5, 0.6) is 0 Å². The molecule has 0 aliphatic rings. The molecular formula is C22H19N5O3S. The van der Waals surface area contributed by atoms with Gasteiger partial charge in [-0.05, 0) is 47.5 Å². The van der Waals surface area contributed by atoms with Crippen molar-refractivity contribution in [2.45, 2.75) is 4.90 Å². The molecule has 4 rings (SSSR count). The SMILES string of the molecule is Nc1ccccc1NC(=O)/C=C/c1ccn(S(=O)(=O)c2cccc(-c3cn[nH]c3)c2)c1. The Labute approximate surface area is 179 Å². The first kappa shape index (κ1) is 20.2. The summed E-state index contributed by atoms with van der Waals surface area (Å²) in [6.45, 7) is 0. The minimum Gasteiger partial charge on any atom is -0.397 e. The zero-order valence-electron chi connectivity index (χ0n) is 16.3. The summed E-state index contributed by atoms with van der Waals surface area (Å²) in [6.07, 6.45) is 9.05. The fraction of sp³-hybridized carbons (Fsp3) is 0. The largest absolute Gasteiger partial charge is 0.397 e. The predicted octanol–water partition coefficient (Wildman–Crippen LogP) is 3.35. The topological polar surface area (TPSA) is 123 Å². The van der Waals surface area contributed by atoms with E-state index in [1.165, 1.54) is 30.6 Å². The van der Waals surface area contributed by atoms with E-state index >= 15 is 0 Å². The maximum absolute atomic E-state index is 13.0. The Balaban J connectivity index is 1.51. The number of aromatic amines is 1. The molecule has 0 bridgehead atoms. The minimum atomic E-state index is -3.79. The summed E-state index contributed by atoms with van der Waals surface area (Å²) in [5.41, 5.74) is 8.86. The second kappa shape index (κ2) is 8.33. The van der Waals surface area contributed by atoms with E-state index in [-0.39, 0.29) is 10.8 Å². The van der Waals surface area contributed by atoms with Crippen LogP contribution in [0.1, 0.15) is 5.56 Å². The van der Waals surface area contributed by atoms with Crippen LogP contribution in [-0.4, -0.2) is 28.5 Å². The van der Waals surface area contributed by atoms with Crippen LogP contribution in [-0.2, 0) is 14.8 Å². The number of amides is 1. The van der Waals surface area contributed by atoms with Crippen LogP contribution in [0.3, 0.4) is 0 Å². The summed E-state index contributed by atoms with van der Waals surface area (Å²) >= 11 is 0. The smallest absolute Gasteiger partial charge is 0.267 e. The highest BCUT2D eigenvalue weighted by atomic mass is 32.2. The van der Waals surface area contributed by atoms with Gasteiger partial charge in [-0.3, -0.25) is 9.89 Å². The van der Waals surface area contributed by atoms with Crippen molar-refractivity contribution in [2.24, 2.45) is 0 Å². The molecule has 0 radical (unpaired) electrons. The monoisotopic (exact) mass is 433 g/mol. The van der Waals surface area contributed by atoms with Crippen molar-refractivity contribution in [3.63, 3.8) is 0 Å². The van der Waals surface area contributed by atoms with Crippen LogP contribution in [0.25, 0.3) is 17.2 Å². The van der Waals surface area contributed by atoms with E-state index in [9.17, 15) is 13.2 Å². The predicted molar refractivity (Wildman–Crippen MR) is 120 cm³/mol. The van der Waals surface area contributed by atoms with Crippen molar-refractivity contribution >= 4 is 33.4 Å². The van der Waals surface area contributed by atoms with E-state index in [0.717, 1.165) is 15.1 Å². The standard InChI is InChI=1S/C22H19N5O3S/c23-20-6-1-2-7-21(20)26-22(28)9-8-16-10-11-27(15-16)31(29,30)19-5-3-4-17(12-19)18-13-24-25-14-18/h1-15H,23H2,(H,24,25)(H,26,28)/b9-8+. The van der Waals surface area contributed by atoms with Gasteiger partial charge in [-0.25, -0.2) is 12.4 Å². The van der Waals surface area contributed by atoms with E-state index in [1.807, 2.05) is 6.07 Å². The van der Waals surface area contributed by atoms with Gasteiger partial charge in [-0.15, -0.1) is 0 Å². The number of rotatable bonds is 6. The average molecular weight is 433 g/mol. The molecule has 0 saturated carbocycles. The van der Waals surface area contributed by atoms with Gasteiger partial charge in [0.15, 0.2) is 0 Å². The van der Waals surface area contributed by atoms with E-state index in [4.69, 9.17) is 5.73 Å². The van der Waals surface area contributed by atoms with Crippen LogP contribution in [0, 0.1) is 0 Å². The van der Waals surface area contributed by atoms with Gasteiger partial charge in [-0.1, -0.05) is 24.3 Å². The fourth-order valence-corrected chi connectivity index (χ4v) is 4.22. The molecule has 156 valence electrons. The maximum atomic E-state index is 13.0. The molecule has 31 heavy (non-hydrogen) atoms. The molecule has 4 aromatic rings. The first-order chi connectivity index (χ1) is 14.9. The number of nitrogens with one attached hydrogen (secondary N) is 2. The summed E-state index contributed by atoms with van der Waals surface area (Å²) in [7, 11) is -3.79. The highest BCUT2D eigenvalue weighted by Gasteiger charge is 2.17. The number of carbonyl (C=O) groups is 1. The van der Waals surface area contributed by atoms with Gasteiger partial charge in [0, 0.05) is 30.2 Å². The number of anilines is 2. The first-order valence-corrected chi connectivity index (χ1v) is 10.7. The fourth-order valence-electron chi connectivity index (χ4n) is 2.96. The molecule has 0 spiro atoms. The molecule has 9 heteroatoms. The van der Waals surface area contributed by atoms with Gasteiger partial charge in [0.2, 0.25) is 5.91 Å². The Morgan fingerprint density at radius 3 is 2.71 bits per heavy atom. The van der Waals surface area contributed by atoms with E-state index in [2.05, 4.69) is 15.5 Å².